The number of halogens is 2. The minimum Gasteiger partial charge on any atom is -0.383 e. The maximum atomic E-state index is 12.9. The third-order valence-corrected chi connectivity index (χ3v) is 3.52. The van der Waals surface area contributed by atoms with E-state index in [4.69, 9.17) is 0 Å². The Balaban J connectivity index is 2.94. The maximum absolute atomic E-state index is 12.9. The van der Waals surface area contributed by atoms with E-state index in [0.717, 1.165) is 4.90 Å². The molecule has 1 heterocycles. The number of nitrogens with zero attached hydrogens (tertiary/aromatic N) is 1. The van der Waals surface area contributed by atoms with E-state index in [1.165, 1.54) is 6.92 Å². The van der Waals surface area contributed by atoms with Crippen molar-refractivity contribution in [2.75, 3.05) is 6.54 Å². The van der Waals surface area contributed by atoms with E-state index in [1.54, 1.807) is 20.8 Å². The molecule has 110 valence electrons. The number of rotatable bonds is 3. The van der Waals surface area contributed by atoms with Gasteiger partial charge in [0.1, 0.15) is 6.10 Å². The summed E-state index contributed by atoms with van der Waals surface area (Å²) in [5.41, 5.74) is -0.693. The monoisotopic (exact) mass is 277 g/mol. The summed E-state index contributed by atoms with van der Waals surface area (Å²) < 4.78 is 25.7. The summed E-state index contributed by atoms with van der Waals surface area (Å²) in [6.45, 7) is 6.33. The Bertz CT molecular complexity index is 365. The van der Waals surface area contributed by atoms with E-state index >= 15 is 0 Å². The van der Waals surface area contributed by atoms with Gasteiger partial charge in [-0.25, -0.2) is 8.78 Å². The fourth-order valence-corrected chi connectivity index (χ4v) is 2.38. The first-order valence-corrected chi connectivity index (χ1v) is 6.34. The molecular formula is C13H21F2NO3. The van der Waals surface area contributed by atoms with Crippen molar-refractivity contribution in [3.8, 4) is 0 Å². The van der Waals surface area contributed by atoms with E-state index in [9.17, 15) is 23.5 Å². The van der Waals surface area contributed by atoms with Crippen molar-refractivity contribution in [3.05, 3.63) is 0 Å². The van der Waals surface area contributed by atoms with Gasteiger partial charge in [-0.1, -0.05) is 20.8 Å². The number of amides is 1. The molecule has 1 aliphatic rings. The van der Waals surface area contributed by atoms with Crippen LogP contribution in [0.3, 0.4) is 0 Å². The Morgan fingerprint density at radius 3 is 2.21 bits per heavy atom. The lowest BCUT2D eigenvalue weighted by molar-refractivity contribution is -0.150. The summed E-state index contributed by atoms with van der Waals surface area (Å²) in [5.74, 6) is -2.23. The van der Waals surface area contributed by atoms with E-state index in [-0.39, 0.29) is 13.0 Å². The van der Waals surface area contributed by atoms with E-state index in [2.05, 4.69) is 0 Å². The molecule has 0 aromatic carbocycles. The van der Waals surface area contributed by atoms with Gasteiger partial charge in [0, 0.05) is 12.5 Å². The van der Waals surface area contributed by atoms with Crippen molar-refractivity contribution in [3.63, 3.8) is 0 Å². The Kier molecular flexibility index (Phi) is 4.66. The first-order chi connectivity index (χ1) is 8.57. The fourth-order valence-electron chi connectivity index (χ4n) is 2.38. The molecule has 0 radical (unpaired) electrons. The highest BCUT2D eigenvalue weighted by Crippen LogP contribution is 2.32. The fraction of sp³-hybridized carbons (Fsp3) is 0.846. The van der Waals surface area contributed by atoms with Crippen LogP contribution in [0, 0.1) is 11.3 Å². The molecule has 3 atom stereocenters. The lowest BCUT2D eigenvalue weighted by Crippen LogP contribution is -2.50. The van der Waals surface area contributed by atoms with E-state index in [0.29, 0.717) is 0 Å². The molecule has 4 nitrogen and oxygen atoms in total. The van der Waals surface area contributed by atoms with Crippen LogP contribution in [-0.4, -0.2) is 46.8 Å². The number of ketones is 1. The second kappa shape index (κ2) is 5.53. The summed E-state index contributed by atoms with van der Waals surface area (Å²) in [5, 5.41) is 9.95. The van der Waals surface area contributed by atoms with Crippen LogP contribution in [0.2, 0.25) is 0 Å². The molecule has 1 aliphatic heterocycles. The van der Waals surface area contributed by atoms with Gasteiger partial charge >= 0.3 is 0 Å². The van der Waals surface area contributed by atoms with Gasteiger partial charge in [-0.05, 0) is 18.8 Å². The largest absolute Gasteiger partial charge is 0.383 e. The normalized spacial score (nSPS) is 25.8. The number of alkyl halides is 2. The van der Waals surface area contributed by atoms with Gasteiger partial charge in [0.2, 0.25) is 6.43 Å². The van der Waals surface area contributed by atoms with Crippen molar-refractivity contribution >= 4 is 11.7 Å². The molecule has 0 spiro atoms. The highest BCUT2D eigenvalue weighted by Gasteiger charge is 2.46. The number of aliphatic hydroxyl groups is 1. The minimum absolute atomic E-state index is 0.0878. The zero-order valence-electron chi connectivity index (χ0n) is 11.7. The predicted octanol–water partition coefficient (Wildman–Crippen LogP) is 1.46. The molecule has 1 amide bonds. The smallest absolute Gasteiger partial charge is 0.252 e. The number of aliphatic hydroxyl groups excluding tert-OH is 1. The molecule has 0 bridgehead atoms. The number of hydrogen-bond donors (Lipinski definition) is 1. The third-order valence-electron chi connectivity index (χ3n) is 3.52. The minimum atomic E-state index is -2.64. The topological polar surface area (TPSA) is 57.6 Å². The van der Waals surface area contributed by atoms with Crippen LogP contribution < -0.4 is 0 Å². The highest BCUT2D eigenvalue weighted by atomic mass is 19.3. The summed E-state index contributed by atoms with van der Waals surface area (Å²) in [6.07, 6.45) is -3.85. The molecule has 0 aliphatic carbocycles. The molecule has 1 fully saturated rings. The molecule has 6 heteroatoms. The summed E-state index contributed by atoms with van der Waals surface area (Å²) >= 11 is 0. The standard InChI is InChI=1S/C13H21F2NO3/c1-7(17)9-8(11(14)15)5-6-16(9)12(19)10(18)13(2,3)4/h8-11,18H,5-6H2,1-4H3/t8?,9?,10-/m1/s1. The van der Waals surface area contributed by atoms with Crippen molar-refractivity contribution in [2.45, 2.75) is 52.7 Å². The molecule has 0 aromatic rings. The predicted molar refractivity (Wildman–Crippen MR) is 65.8 cm³/mol. The van der Waals surface area contributed by atoms with E-state index < -0.39 is 41.6 Å². The quantitative estimate of drug-likeness (QED) is 0.849. The van der Waals surface area contributed by atoms with Crippen molar-refractivity contribution in [1.82, 2.24) is 4.90 Å². The van der Waals surface area contributed by atoms with Crippen molar-refractivity contribution in [2.24, 2.45) is 11.3 Å². The molecule has 2 unspecified atom stereocenters. The molecule has 0 saturated carbocycles. The molecule has 0 aromatic heterocycles. The van der Waals surface area contributed by atoms with Gasteiger partial charge in [0.15, 0.2) is 5.78 Å². The average Bonchev–Trinajstić information content (AvgIpc) is 2.70. The molecule has 1 saturated heterocycles. The second-order valence-corrected chi connectivity index (χ2v) is 6.14. The Labute approximate surface area is 111 Å². The molecule has 19 heavy (non-hydrogen) atoms. The molecular weight excluding hydrogens is 256 g/mol. The second-order valence-electron chi connectivity index (χ2n) is 6.14. The van der Waals surface area contributed by atoms with Crippen LogP contribution >= 0.6 is 0 Å². The number of likely N-dealkylation sites (tertiary alicyclic amines) is 1. The van der Waals surface area contributed by atoms with Crippen LogP contribution in [0.4, 0.5) is 8.78 Å². The van der Waals surface area contributed by atoms with Crippen molar-refractivity contribution < 1.29 is 23.5 Å². The summed E-state index contributed by atoms with van der Waals surface area (Å²) in [7, 11) is 0. The van der Waals surface area contributed by atoms with Crippen LogP contribution in [0.15, 0.2) is 0 Å². The SMILES string of the molecule is CC(=O)C1C(C(F)F)CCN1C(=O)[C@@H](O)C(C)(C)C. The van der Waals surface area contributed by atoms with Gasteiger partial charge in [0.05, 0.1) is 6.04 Å². The van der Waals surface area contributed by atoms with Crippen molar-refractivity contribution in [1.29, 1.82) is 0 Å². The van der Waals surface area contributed by atoms with Crippen LogP contribution in [-0.2, 0) is 9.59 Å². The Morgan fingerprint density at radius 2 is 1.84 bits per heavy atom. The first-order valence-electron chi connectivity index (χ1n) is 6.34. The van der Waals surface area contributed by atoms with Crippen LogP contribution in [0.5, 0.6) is 0 Å². The number of Topliss-reactive ketones (excluding diaryl/α,β-unsaturated/α-hetero) is 1. The summed E-state index contributed by atoms with van der Waals surface area (Å²) in [6, 6.07) is -1.12. The highest BCUT2D eigenvalue weighted by molar-refractivity contribution is 5.90. The van der Waals surface area contributed by atoms with Gasteiger partial charge in [-0.15, -0.1) is 0 Å². The molecule has 1 N–H and O–H groups in total. The third kappa shape index (κ3) is 3.29. The zero-order valence-corrected chi connectivity index (χ0v) is 11.7. The molecule has 1 rings (SSSR count). The number of carbonyl (C=O) groups is 2. The summed E-state index contributed by atoms with van der Waals surface area (Å²) in [4.78, 5) is 24.8. The van der Waals surface area contributed by atoms with Gasteiger partial charge in [-0.2, -0.15) is 0 Å². The number of hydrogen-bond acceptors (Lipinski definition) is 3. The average molecular weight is 277 g/mol. The lowest BCUT2D eigenvalue weighted by atomic mass is 9.88. The first kappa shape index (κ1) is 16.0. The van der Waals surface area contributed by atoms with Gasteiger partial charge in [0.25, 0.3) is 5.91 Å². The zero-order chi connectivity index (χ0) is 15.0. The van der Waals surface area contributed by atoms with Gasteiger partial charge in [-0.3, -0.25) is 9.59 Å². The maximum Gasteiger partial charge on any atom is 0.252 e. The number of carbonyl (C=O) groups excluding carboxylic acids is 2. The lowest BCUT2D eigenvalue weighted by Gasteiger charge is -2.32. The van der Waals surface area contributed by atoms with E-state index in [1.807, 2.05) is 0 Å². The van der Waals surface area contributed by atoms with Crippen LogP contribution in [0.25, 0.3) is 0 Å². The van der Waals surface area contributed by atoms with Gasteiger partial charge < -0.3 is 10.0 Å². The Morgan fingerprint density at radius 1 is 1.32 bits per heavy atom. The Hall–Kier alpha value is -1.04. The van der Waals surface area contributed by atoms with Crippen LogP contribution in [0.1, 0.15) is 34.1 Å².